The van der Waals surface area contributed by atoms with Crippen LogP contribution in [0.3, 0.4) is 0 Å². The molecule has 0 heterocycles. The average molecular weight is 223 g/mol. The summed E-state index contributed by atoms with van der Waals surface area (Å²) in [5, 5.41) is 9.06. The molecule has 1 aliphatic carbocycles. The normalized spacial score (nSPS) is 30.3. The van der Waals surface area contributed by atoms with Gasteiger partial charge < -0.3 is 4.74 Å². The van der Waals surface area contributed by atoms with Gasteiger partial charge in [0.1, 0.15) is 0 Å². The van der Waals surface area contributed by atoms with Gasteiger partial charge in [-0.05, 0) is 43.9 Å². The molecule has 16 heavy (non-hydrogen) atoms. The van der Waals surface area contributed by atoms with Crippen LogP contribution in [0.15, 0.2) is 0 Å². The lowest BCUT2D eigenvalue weighted by Crippen LogP contribution is -2.30. The molecule has 0 amide bonds. The molecule has 0 aliphatic heterocycles. The first kappa shape index (κ1) is 13.5. The fraction of sp³-hybridized carbons (Fsp3) is 0.929. The third kappa shape index (κ3) is 4.53. The third-order valence-corrected chi connectivity index (χ3v) is 3.48. The Kier molecular flexibility index (Phi) is 5.84. The molecule has 0 spiro atoms. The van der Waals surface area contributed by atoms with Crippen LogP contribution in [-0.2, 0) is 4.74 Å². The van der Waals surface area contributed by atoms with Crippen LogP contribution in [0.2, 0.25) is 0 Å². The number of nitrogens with zero attached hydrogens (tertiary/aromatic N) is 1. The van der Waals surface area contributed by atoms with Gasteiger partial charge in [0, 0.05) is 6.61 Å². The molecule has 0 radical (unpaired) electrons. The molecule has 1 fully saturated rings. The van der Waals surface area contributed by atoms with E-state index in [1.54, 1.807) is 0 Å². The highest BCUT2D eigenvalue weighted by atomic mass is 16.5. The summed E-state index contributed by atoms with van der Waals surface area (Å²) in [6, 6.07) is 2.40. The van der Waals surface area contributed by atoms with Crippen molar-refractivity contribution in [2.45, 2.75) is 59.0 Å². The molecule has 3 atom stereocenters. The second-order valence-electron chi connectivity index (χ2n) is 5.60. The van der Waals surface area contributed by atoms with E-state index in [0.717, 1.165) is 37.7 Å². The van der Waals surface area contributed by atoms with Gasteiger partial charge in [-0.15, -0.1) is 0 Å². The van der Waals surface area contributed by atoms with E-state index >= 15 is 0 Å². The molecule has 0 bridgehead atoms. The number of nitriles is 1. The Labute approximate surface area is 100.0 Å². The Morgan fingerprint density at radius 2 is 2.12 bits per heavy atom. The van der Waals surface area contributed by atoms with Gasteiger partial charge in [-0.1, -0.05) is 20.8 Å². The SMILES string of the molecule is CC(C)CCCOC1CC(C)CCC1C#N. The molecule has 1 rings (SSSR count). The lowest BCUT2D eigenvalue weighted by atomic mass is 9.81. The number of hydrogen-bond donors (Lipinski definition) is 0. The van der Waals surface area contributed by atoms with Crippen LogP contribution in [0.1, 0.15) is 52.9 Å². The van der Waals surface area contributed by atoms with Crippen LogP contribution < -0.4 is 0 Å². The van der Waals surface area contributed by atoms with Gasteiger partial charge >= 0.3 is 0 Å². The van der Waals surface area contributed by atoms with Gasteiger partial charge in [0.15, 0.2) is 0 Å². The van der Waals surface area contributed by atoms with Gasteiger partial charge in [0.25, 0.3) is 0 Å². The molecule has 0 N–H and O–H groups in total. The zero-order chi connectivity index (χ0) is 12.0. The second-order valence-corrected chi connectivity index (χ2v) is 5.60. The zero-order valence-corrected chi connectivity index (χ0v) is 10.9. The van der Waals surface area contributed by atoms with Gasteiger partial charge in [-0.25, -0.2) is 0 Å². The Hall–Kier alpha value is -0.550. The minimum absolute atomic E-state index is 0.134. The van der Waals surface area contributed by atoms with Crippen molar-refractivity contribution >= 4 is 0 Å². The molecule has 1 aliphatic rings. The van der Waals surface area contributed by atoms with Crippen LogP contribution in [0.25, 0.3) is 0 Å². The summed E-state index contributed by atoms with van der Waals surface area (Å²) in [7, 11) is 0. The van der Waals surface area contributed by atoms with Crippen LogP contribution >= 0.6 is 0 Å². The van der Waals surface area contributed by atoms with Gasteiger partial charge in [-0.2, -0.15) is 5.26 Å². The quantitative estimate of drug-likeness (QED) is 0.665. The van der Waals surface area contributed by atoms with Crippen LogP contribution in [-0.4, -0.2) is 12.7 Å². The standard InChI is InChI=1S/C14H25NO/c1-11(2)5-4-8-16-14-9-12(3)6-7-13(14)10-15/h11-14H,4-9H2,1-3H3. The van der Waals surface area contributed by atoms with Crippen molar-refractivity contribution in [1.82, 2.24) is 0 Å². The smallest absolute Gasteiger partial charge is 0.0735 e. The highest BCUT2D eigenvalue weighted by Gasteiger charge is 2.28. The van der Waals surface area contributed by atoms with Crippen molar-refractivity contribution in [2.24, 2.45) is 17.8 Å². The van der Waals surface area contributed by atoms with Crippen molar-refractivity contribution in [2.75, 3.05) is 6.61 Å². The van der Waals surface area contributed by atoms with E-state index in [0.29, 0.717) is 0 Å². The molecular formula is C14H25NO. The maximum absolute atomic E-state index is 9.06. The summed E-state index contributed by atoms with van der Waals surface area (Å²) in [4.78, 5) is 0. The largest absolute Gasteiger partial charge is 0.377 e. The summed E-state index contributed by atoms with van der Waals surface area (Å²) in [6.45, 7) is 7.56. The monoisotopic (exact) mass is 223 g/mol. The topological polar surface area (TPSA) is 33.0 Å². The van der Waals surface area contributed by atoms with Gasteiger partial charge in [0.05, 0.1) is 18.1 Å². The Balaban J connectivity index is 2.24. The number of ether oxygens (including phenoxy) is 1. The minimum atomic E-state index is 0.134. The summed E-state index contributed by atoms with van der Waals surface area (Å²) in [5.74, 6) is 1.61. The predicted molar refractivity (Wildman–Crippen MR) is 65.9 cm³/mol. The average Bonchev–Trinajstić information content (AvgIpc) is 2.24. The second kappa shape index (κ2) is 6.91. The Bertz CT molecular complexity index is 231. The zero-order valence-electron chi connectivity index (χ0n) is 10.9. The lowest BCUT2D eigenvalue weighted by molar-refractivity contribution is -0.00927. The Morgan fingerprint density at radius 3 is 2.75 bits per heavy atom. The van der Waals surface area contributed by atoms with Crippen molar-refractivity contribution in [3.8, 4) is 6.07 Å². The molecule has 0 aromatic carbocycles. The maximum atomic E-state index is 9.06. The minimum Gasteiger partial charge on any atom is -0.377 e. The summed E-state index contributed by atoms with van der Waals surface area (Å²) in [5.41, 5.74) is 0. The summed E-state index contributed by atoms with van der Waals surface area (Å²) in [6.07, 6.45) is 5.82. The van der Waals surface area contributed by atoms with Crippen molar-refractivity contribution in [3.05, 3.63) is 0 Å². The molecule has 0 aromatic heterocycles. The van der Waals surface area contributed by atoms with Crippen LogP contribution in [0, 0.1) is 29.1 Å². The van der Waals surface area contributed by atoms with Crippen molar-refractivity contribution in [3.63, 3.8) is 0 Å². The molecule has 3 unspecified atom stereocenters. The highest BCUT2D eigenvalue weighted by Crippen LogP contribution is 2.30. The number of rotatable bonds is 5. The Morgan fingerprint density at radius 1 is 1.38 bits per heavy atom. The first-order valence-electron chi connectivity index (χ1n) is 6.64. The first-order chi connectivity index (χ1) is 7.63. The van der Waals surface area contributed by atoms with Crippen LogP contribution in [0.4, 0.5) is 0 Å². The fourth-order valence-corrected chi connectivity index (χ4v) is 2.39. The lowest BCUT2D eigenvalue weighted by Gasteiger charge is -2.30. The molecule has 2 heteroatoms. The highest BCUT2D eigenvalue weighted by molar-refractivity contribution is 4.93. The predicted octanol–water partition coefficient (Wildman–Crippen LogP) is 3.77. The van der Waals surface area contributed by atoms with Crippen LogP contribution in [0.5, 0.6) is 0 Å². The van der Waals surface area contributed by atoms with Crippen molar-refractivity contribution < 1.29 is 4.74 Å². The molecule has 0 aromatic rings. The van der Waals surface area contributed by atoms with E-state index in [-0.39, 0.29) is 12.0 Å². The summed E-state index contributed by atoms with van der Waals surface area (Å²) >= 11 is 0. The fourth-order valence-electron chi connectivity index (χ4n) is 2.39. The molecule has 1 saturated carbocycles. The first-order valence-corrected chi connectivity index (χ1v) is 6.64. The van der Waals surface area contributed by atoms with E-state index in [1.807, 2.05) is 0 Å². The van der Waals surface area contributed by atoms with Gasteiger partial charge in [0.2, 0.25) is 0 Å². The summed E-state index contributed by atoms with van der Waals surface area (Å²) < 4.78 is 5.88. The molecule has 92 valence electrons. The van der Waals surface area contributed by atoms with E-state index in [4.69, 9.17) is 10.00 Å². The van der Waals surface area contributed by atoms with Gasteiger partial charge in [-0.3, -0.25) is 0 Å². The molecule has 2 nitrogen and oxygen atoms in total. The van der Waals surface area contributed by atoms with E-state index in [9.17, 15) is 0 Å². The van der Waals surface area contributed by atoms with Crippen molar-refractivity contribution in [1.29, 1.82) is 5.26 Å². The molecular weight excluding hydrogens is 198 g/mol. The van der Waals surface area contributed by atoms with E-state index in [1.165, 1.54) is 12.8 Å². The third-order valence-electron chi connectivity index (χ3n) is 3.48. The van der Waals surface area contributed by atoms with E-state index in [2.05, 4.69) is 26.8 Å². The molecule has 0 saturated heterocycles. The number of hydrogen-bond acceptors (Lipinski definition) is 2. The maximum Gasteiger partial charge on any atom is 0.0735 e. The van der Waals surface area contributed by atoms with E-state index < -0.39 is 0 Å².